The molecule has 1 aromatic heterocycles. The van der Waals surface area contributed by atoms with Crippen molar-refractivity contribution in [2.75, 3.05) is 26.7 Å². The fourth-order valence-electron chi connectivity index (χ4n) is 5.95. The van der Waals surface area contributed by atoms with Gasteiger partial charge in [0.2, 0.25) is 0 Å². The fourth-order valence-corrected chi connectivity index (χ4v) is 5.95. The van der Waals surface area contributed by atoms with Crippen LogP contribution in [0.5, 0.6) is 0 Å². The van der Waals surface area contributed by atoms with Crippen molar-refractivity contribution in [3.05, 3.63) is 66.0 Å². The Morgan fingerprint density at radius 2 is 1.88 bits per heavy atom. The van der Waals surface area contributed by atoms with Crippen molar-refractivity contribution in [2.45, 2.75) is 69.4 Å². The molecule has 1 aliphatic carbocycles. The van der Waals surface area contributed by atoms with Crippen LogP contribution in [0, 0.1) is 5.92 Å². The lowest BCUT2D eigenvalue weighted by Gasteiger charge is -2.39. The van der Waals surface area contributed by atoms with E-state index in [4.69, 9.17) is 4.74 Å². The molecule has 5 nitrogen and oxygen atoms in total. The minimum Gasteiger partial charge on any atom is -0.457 e. The third kappa shape index (κ3) is 5.47. The van der Waals surface area contributed by atoms with Gasteiger partial charge in [-0.3, -0.25) is 4.98 Å². The van der Waals surface area contributed by atoms with Gasteiger partial charge >= 0.3 is 5.97 Å². The van der Waals surface area contributed by atoms with E-state index in [1.54, 1.807) is 0 Å². The van der Waals surface area contributed by atoms with Crippen LogP contribution >= 0.6 is 0 Å². The molecule has 178 valence electrons. The number of carbonyl (C=O) groups excluding carboxylic acids is 1. The molecule has 0 spiro atoms. The summed E-state index contributed by atoms with van der Waals surface area (Å²) >= 11 is 0. The number of nitrogens with zero attached hydrogens (tertiary/aromatic N) is 2. The second kappa shape index (κ2) is 10.8. The average Bonchev–Trinajstić information content (AvgIpc) is 3.23. The van der Waals surface area contributed by atoms with Gasteiger partial charge in [0.25, 0.3) is 0 Å². The predicted octanol–water partition coefficient (Wildman–Crippen LogP) is 4.63. The number of ether oxygens (including phenoxy) is 1. The third-order valence-electron chi connectivity index (χ3n) is 8.07. The lowest BCUT2D eigenvalue weighted by atomic mass is 9.73. The molecule has 1 aliphatic heterocycles. The lowest BCUT2D eigenvalue weighted by molar-refractivity contribution is -0.921. The molecule has 0 radical (unpaired) electrons. The summed E-state index contributed by atoms with van der Waals surface area (Å²) in [6.07, 6.45) is 13.1. The van der Waals surface area contributed by atoms with Gasteiger partial charge in [-0.25, -0.2) is 4.79 Å². The number of hydrogen-bond acceptors (Lipinski definition) is 4. The molecular formula is C28H39N2O3+. The number of quaternary nitrogens is 1. The molecule has 2 fully saturated rings. The maximum absolute atomic E-state index is 13.4. The Hall–Kier alpha value is -2.24. The number of likely N-dealkylation sites (N-methyl/N-ethyl adjacent to an activating group) is 1. The van der Waals surface area contributed by atoms with Crippen LogP contribution in [0.3, 0.4) is 0 Å². The summed E-state index contributed by atoms with van der Waals surface area (Å²) in [6, 6.07) is 13.8. The summed E-state index contributed by atoms with van der Waals surface area (Å²) in [6.45, 7) is 2.55. The van der Waals surface area contributed by atoms with Gasteiger partial charge in [0.05, 0.1) is 20.1 Å². The van der Waals surface area contributed by atoms with Crippen LogP contribution in [0.15, 0.2) is 54.9 Å². The summed E-state index contributed by atoms with van der Waals surface area (Å²) in [5.41, 5.74) is 0.387. The molecule has 1 saturated carbocycles. The predicted molar refractivity (Wildman–Crippen MR) is 129 cm³/mol. The van der Waals surface area contributed by atoms with Crippen molar-refractivity contribution in [1.29, 1.82) is 0 Å². The zero-order chi connectivity index (χ0) is 23.2. The Morgan fingerprint density at radius 3 is 2.61 bits per heavy atom. The van der Waals surface area contributed by atoms with Crippen LogP contribution in [0.1, 0.15) is 62.5 Å². The van der Waals surface area contributed by atoms with E-state index in [-0.39, 0.29) is 12.0 Å². The largest absolute Gasteiger partial charge is 0.457 e. The number of carbonyl (C=O) groups is 1. The number of aromatic nitrogens is 1. The number of rotatable bonds is 9. The third-order valence-corrected chi connectivity index (χ3v) is 8.07. The highest BCUT2D eigenvalue weighted by molar-refractivity contribution is 5.81. The number of esters is 1. The van der Waals surface area contributed by atoms with Crippen LogP contribution in [-0.4, -0.2) is 53.3 Å². The number of likely N-dealkylation sites (tertiary alicyclic amines) is 1. The van der Waals surface area contributed by atoms with Crippen LogP contribution in [0.2, 0.25) is 0 Å². The van der Waals surface area contributed by atoms with E-state index in [2.05, 4.69) is 18.1 Å². The molecule has 2 aliphatic rings. The molecular weight excluding hydrogens is 412 g/mol. The quantitative estimate of drug-likeness (QED) is 0.446. The molecule has 4 rings (SSSR count). The van der Waals surface area contributed by atoms with E-state index in [1.165, 1.54) is 12.0 Å². The average molecular weight is 452 g/mol. The zero-order valence-corrected chi connectivity index (χ0v) is 20.0. The van der Waals surface area contributed by atoms with Crippen molar-refractivity contribution in [3.8, 4) is 0 Å². The molecule has 1 saturated heterocycles. The molecule has 2 heterocycles. The Balaban J connectivity index is 1.39. The first-order valence-electron chi connectivity index (χ1n) is 12.7. The van der Waals surface area contributed by atoms with Crippen molar-refractivity contribution in [2.24, 2.45) is 5.92 Å². The molecule has 3 atom stereocenters. The van der Waals surface area contributed by atoms with E-state index in [1.807, 2.05) is 48.8 Å². The second-order valence-electron chi connectivity index (χ2n) is 10.3. The van der Waals surface area contributed by atoms with Gasteiger partial charge in [-0.1, -0.05) is 55.7 Å². The highest BCUT2D eigenvalue weighted by Crippen LogP contribution is 2.40. The van der Waals surface area contributed by atoms with E-state index in [9.17, 15) is 9.90 Å². The van der Waals surface area contributed by atoms with E-state index in [0.29, 0.717) is 12.2 Å². The number of hydrogen-bond donors (Lipinski definition) is 1. The maximum atomic E-state index is 13.4. The first-order valence-corrected chi connectivity index (χ1v) is 12.7. The summed E-state index contributed by atoms with van der Waals surface area (Å²) in [4.78, 5) is 17.7. The van der Waals surface area contributed by atoms with Gasteiger partial charge in [0.1, 0.15) is 12.6 Å². The molecule has 33 heavy (non-hydrogen) atoms. The summed E-state index contributed by atoms with van der Waals surface area (Å²) in [5.74, 6) is -0.542. The van der Waals surface area contributed by atoms with Crippen molar-refractivity contribution in [1.82, 2.24) is 4.98 Å². The van der Waals surface area contributed by atoms with Gasteiger partial charge in [0.15, 0.2) is 5.60 Å². The van der Waals surface area contributed by atoms with Gasteiger partial charge in [-0.05, 0) is 36.5 Å². The van der Waals surface area contributed by atoms with E-state index >= 15 is 0 Å². The second-order valence-corrected chi connectivity index (χ2v) is 10.3. The molecule has 5 heteroatoms. The van der Waals surface area contributed by atoms with E-state index < -0.39 is 11.6 Å². The zero-order valence-electron chi connectivity index (χ0n) is 20.0. The molecule has 1 N–H and O–H groups in total. The Bertz CT molecular complexity index is 885. The number of aliphatic hydroxyl groups is 1. The topological polar surface area (TPSA) is 59.4 Å². The van der Waals surface area contributed by atoms with Crippen molar-refractivity contribution in [3.63, 3.8) is 0 Å². The van der Waals surface area contributed by atoms with E-state index in [0.717, 1.165) is 68.9 Å². The molecule has 0 bridgehead atoms. The SMILES string of the molecule is C[N+]1(CCCc2cccnc2)CCCC1COC(=O)C(O)(c1ccccc1)C1CCCCC1. The van der Waals surface area contributed by atoms with Gasteiger partial charge in [0, 0.05) is 37.6 Å². The molecule has 3 unspecified atom stereocenters. The number of benzene rings is 1. The van der Waals surface area contributed by atoms with Crippen molar-refractivity contribution < 1.29 is 19.1 Å². The first kappa shape index (κ1) is 23.9. The normalized spacial score (nSPS) is 25.5. The van der Waals surface area contributed by atoms with Crippen LogP contribution in [0.25, 0.3) is 0 Å². The van der Waals surface area contributed by atoms with Gasteiger partial charge in [-0.15, -0.1) is 0 Å². The number of aryl methyl sites for hydroxylation is 1. The molecule has 1 aromatic carbocycles. The molecule has 2 aromatic rings. The first-order chi connectivity index (χ1) is 16.0. The maximum Gasteiger partial charge on any atom is 0.343 e. The lowest BCUT2D eigenvalue weighted by Crippen LogP contribution is -2.52. The highest BCUT2D eigenvalue weighted by Gasteiger charge is 2.48. The summed E-state index contributed by atoms with van der Waals surface area (Å²) < 4.78 is 6.88. The molecule has 0 amide bonds. The standard InChI is InChI=1S/C28H39N2O3/c1-30(19-9-12-23-11-8-18-29-21-23)20-10-17-26(30)22-33-27(31)28(32,24-13-4-2-5-14-24)25-15-6-3-7-16-25/h2,4-5,8,11,13-14,18,21,25-26,32H,3,6-7,9-10,12,15-17,19-20,22H2,1H3/q+1. The summed E-state index contributed by atoms with van der Waals surface area (Å²) in [7, 11) is 2.29. The highest BCUT2D eigenvalue weighted by atomic mass is 16.6. The minimum absolute atomic E-state index is 0.0786. The van der Waals surface area contributed by atoms with Gasteiger partial charge in [-0.2, -0.15) is 0 Å². The summed E-state index contributed by atoms with van der Waals surface area (Å²) in [5, 5.41) is 11.8. The number of pyridine rings is 1. The van der Waals surface area contributed by atoms with Crippen LogP contribution < -0.4 is 0 Å². The Morgan fingerprint density at radius 1 is 1.09 bits per heavy atom. The fraction of sp³-hybridized carbons (Fsp3) is 0.571. The Labute approximate surface area is 198 Å². The van der Waals surface area contributed by atoms with Crippen LogP contribution in [-0.2, 0) is 21.6 Å². The Kier molecular flexibility index (Phi) is 7.82. The van der Waals surface area contributed by atoms with Crippen molar-refractivity contribution >= 4 is 5.97 Å². The monoisotopic (exact) mass is 451 g/mol. The van der Waals surface area contributed by atoms with Gasteiger partial charge < -0.3 is 14.3 Å². The minimum atomic E-state index is -1.55. The smallest absolute Gasteiger partial charge is 0.343 e. The van der Waals surface area contributed by atoms with Crippen LogP contribution in [0.4, 0.5) is 0 Å².